The SMILES string of the molecule is C=C(c1ccccc1C)c1cc(CC2C=CC(=O)NP2)cc(/C=C\C)c1C. The summed E-state index contributed by atoms with van der Waals surface area (Å²) >= 11 is 0. The van der Waals surface area contributed by atoms with Crippen molar-refractivity contribution in [2.75, 3.05) is 0 Å². The number of allylic oxidation sites excluding steroid dienone is 2. The fourth-order valence-electron chi connectivity index (χ4n) is 3.47. The van der Waals surface area contributed by atoms with E-state index in [1.165, 1.54) is 33.4 Å². The molecule has 0 spiro atoms. The van der Waals surface area contributed by atoms with Crippen LogP contribution in [0.15, 0.2) is 61.2 Å². The van der Waals surface area contributed by atoms with Gasteiger partial charge in [-0.05, 0) is 81.0 Å². The molecule has 1 aliphatic heterocycles. The summed E-state index contributed by atoms with van der Waals surface area (Å²) in [5.74, 6) is 0.0108. The normalized spacial score (nSPS) is 17.4. The maximum atomic E-state index is 11.4. The molecule has 0 bridgehead atoms. The molecule has 138 valence electrons. The lowest BCUT2D eigenvalue weighted by atomic mass is 9.88. The fourth-order valence-corrected chi connectivity index (χ4v) is 4.41. The fraction of sp³-hybridized carbons (Fsp3) is 0.208. The smallest absolute Gasteiger partial charge is 0.246 e. The summed E-state index contributed by atoms with van der Waals surface area (Å²) in [4.78, 5) is 11.4. The first-order valence-electron chi connectivity index (χ1n) is 9.24. The summed E-state index contributed by atoms with van der Waals surface area (Å²) in [6.45, 7) is 10.8. The van der Waals surface area contributed by atoms with Gasteiger partial charge in [0.15, 0.2) is 0 Å². The van der Waals surface area contributed by atoms with Gasteiger partial charge in [-0.15, -0.1) is 0 Å². The molecule has 27 heavy (non-hydrogen) atoms. The van der Waals surface area contributed by atoms with Crippen LogP contribution in [0.3, 0.4) is 0 Å². The maximum absolute atomic E-state index is 11.4. The third kappa shape index (κ3) is 4.46. The highest BCUT2D eigenvalue weighted by atomic mass is 31.1. The van der Waals surface area contributed by atoms with Gasteiger partial charge < -0.3 is 5.09 Å². The number of benzene rings is 2. The van der Waals surface area contributed by atoms with E-state index in [1.54, 1.807) is 6.08 Å². The van der Waals surface area contributed by atoms with Crippen molar-refractivity contribution in [2.45, 2.75) is 32.9 Å². The number of hydrogen-bond donors (Lipinski definition) is 1. The first-order valence-corrected chi connectivity index (χ1v) is 10.3. The Kier molecular flexibility index (Phi) is 6.08. The van der Waals surface area contributed by atoms with Crippen molar-refractivity contribution in [1.82, 2.24) is 5.09 Å². The van der Waals surface area contributed by atoms with Crippen LogP contribution in [0.4, 0.5) is 0 Å². The zero-order valence-electron chi connectivity index (χ0n) is 16.2. The zero-order valence-corrected chi connectivity index (χ0v) is 17.2. The largest absolute Gasteiger partial charge is 0.334 e. The average Bonchev–Trinajstić information content (AvgIpc) is 2.66. The average molecular weight is 375 g/mol. The summed E-state index contributed by atoms with van der Waals surface area (Å²) in [6, 6.07) is 12.9. The highest BCUT2D eigenvalue weighted by Crippen LogP contribution is 2.32. The topological polar surface area (TPSA) is 29.1 Å². The Bertz CT molecular complexity index is 939. The van der Waals surface area contributed by atoms with Crippen molar-refractivity contribution in [3.05, 3.63) is 94.6 Å². The molecule has 1 heterocycles. The lowest BCUT2D eigenvalue weighted by Crippen LogP contribution is -2.21. The number of carbonyl (C=O) groups is 1. The summed E-state index contributed by atoms with van der Waals surface area (Å²) in [5.41, 5.74) is 8.79. The molecular formula is C24H26NOP. The van der Waals surface area contributed by atoms with Gasteiger partial charge in [0.1, 0.15) is 0 Å². The van der Waals surface area contributed by atoms with Gasteiger partial charge in [0.2, 0.25) is 5.91 Å². The van der Waals surface area contributed by atoms with Crippen molar-refractivity contribution in [2.24, 2.45) is 0 Å². The molecule has 0 radical (unpaired) electrons. The van der Waals surface area contributed by atoms with Crippen LogP contribution < -0.4 is 5.09 Å². The molecule has 0 saturated carbocycles. The van der Waals surface area contributed by atoms with E-state index in [9.17, 15) is 4.79 Å². The van der Waals surface area contributed by atoms with E-state index in [2.05, 4.69) is 74.1 Å². The second kappa shape index (κ2) is 8.50. The molecule has 0 aliphatic carbocycles. The number of aryl methyl sites for hydroxylation is 1. The van der Waals surface area contributed by atoms with E-state index in [0.29, 0.717) is 14.4 Å². The van der Waals surface area contributed by atoms with E-state index in [0.717, 1.165) is 12.0 Å². The van der Waals surface area contributed by atoms with Crippen molar-refractivity contribution in [3.63, 3.8) is 0 Å². The summed E-state index contributed by atoms with van der Waals surface area (Å²) in [5, 5.41) is 2.94. The van der Waals surface area contributed by atoms with Crippen molar-refractivity contribution in [1.29, 1.82) is 0 Å². The van der Waals surface area contributed by atoms with Gasteiger partial charge in [0.25, 0.3) is 0 Å². The minimum absolute atomic E-state index is 0.0108. The predicted molar refractivity (Wildman–Crippen MR) is 118 cm³/mol. The Morgan fingerprint density at radius 1 is 1.22 bits per heavy atom. The minimum atomic E-state index is 0.0108. The van der Waals surface area contributed by atoms with E-state index >= 15 is 0 Å². The molecule has 2 nitrogen and oxygen atoms in total. The third-order valence-corrected chi connectivity index (χ3v) is 6.12. The Morgan fingerprint density at radius 3 is 2.67 bits per heavy atom. The van der Waals surface area contributed by atoms with Crippen molar-refractivity contribution >= 4 is 26.3 Å². The van der Waals surface area contributed by atoms with Crippen LogP contribution in [0.1, 0.15) is 40.3 Å². The van der Waals surface area contributed by atoms with Gasteiger partial charge in [-0.25, -0.2) is 0 Å². The summed E-state index contributed by atoms with van der Waals surface area (Å²) < 4.78 is 0. The molecular weight excluding hydrogens is 349 g/mol. The molecule has 3 heteroatoms. The van der Waals surface area contributed by atoms with Gasteiger partial charge >= 0.3 is 0 Å². The van der Waals surface area contributed by atoms with Crippen LogP contribution in [0, 0.1) is 13.8 Å². The van der Waals surface area contributed by atoms with Gasteiger partial charge in [-0.3, -0.25) is 4.79 Å². The van der Waals surface area contributed by atoms with Gasteiger partial charge in [-0.2, -0.15) is 0 Å². The van der Waals surface area contributed by atoms with E-state index < -0.39 is 0 Å². The predicted octanol–water partition coefficient (Wildman–Crippen LogP) is 5.59. The van der Waals surface area contributed by atoms with Gasteiger partial charge in [-0.1, -0.05) is 61.2 Å². The highest BCUT2D eigenvalue weighted by molar-refractivity contribution is 7.38. The minimum Gasteiger partial charge on any atom is -0.334 e. The molecule has 0 saturated heterocycles. The van der Waals surface area contributed by atoms with Crippen molar-refractivity contribution in [3.8, 4) is 0 Å². The first kappa shape index (κ1) is 19.3. The molecule has 2 unspecified atom stereocenters. The molecule has 1 amide bonds. The number of carbonyl (C=O) groups excluding carboxylic acids is 1. The quantitative estimate of drug-likeness (QED) is 0.678. The maximum Gasteiger partial charge on any atom is 0.246 e. The van der Waals surface area contributed by atoms with E-state index in [1.807, 2.05) is 13.0 Å². The molecule has 0 fully saturated rings. The monoisotopic (exact) mass is 375 g/mol. The lowest BCUT2D eigenvalue weighted by Gasteiger charge is -2.20. The van der Waals surface area contributed by atoms with Crippen molar-refractivity contribution < 1.29 is 4.79 Å². The highest BCUT2D eigenvalue weighted by Gasteiger charge is 2.16. The first-order chi connectivity index (χ1) is 13.0. The molecule has 2 aromatic carbocycles. The Labute approximate surface area is 163 Å². The summed E-state index contributed by atoms with van der Waals surface area (Å²) in [7, 11) is 0.429. The lowest BCUT2D eigenvalue weighted by molar-refractivity contribution is -0.114. The molecule has 3 rings (SSSR count). The number of amides is 1. The second-order valence-electron chi connectivity index (χ2n) is 6.95. The molecule has 1 aliphatic rings. The Balaban J connectivity index is 2.01. The van der Waals surface area contributed by atoms with E-state index in [-0.39, 0.29) is 5.91 Å². The Hall–Kier alpha value is -2.44. The second-order valence-corrected chi connectivity index (χ2v) is 8.23. The van der Waals surface area contributed by atoms with Gasteiger partial charge in [0.05, 0.1) is 0 Å². The molecule has 2 atom stereocenters. The Morgan fingerprint density at radius 2 is 2.00 bits per heavy atom. The number of hydrogen-bond acceptors (Lipinski definition) is 1. The van der Waals surface area contributed by atoms with Crippen LogP contribution in [0.25, 0.3) is 11.6 Å². The van der Waals surface area contributed by atoms with Crippen LogP contribution in [-0.2, 0) is 11.2 Å². The zero-order chi connectivity index (χ0) is 19.4. The van der Waals surface area contributed by atoms with Crippen LogP contribution in [0.2, 0.25) is 0 Å². The van der Waals surface area contributed by atoms with E-state index in [4.69, 9.17) is 0 Å². The summed E-state index contributed by atoms with van der Waals surface area (Å²) in [6.07, 6.45) is 8.83. The van der Waals surface area contributed by atoms with Crippen LogP contribution in [-0.4, -0.2) is 11.6 Å². The molecule has 0 aromatic heterocycles. The number of rotatable bonds is 5. The van der Waals surface area contributed by atoms with Crippen LogP contribution in [0.5, 0.6) is 0 Å². The third-order valence-electron chi connectivity index (χ3n) is 4.97. The standard InChI is InChI=1S/C24H26NOP/c1-5-8-20-13-19(14-21-11-12-24(26)25-27-21)15-23(17(20)3)18(4)22-10-7-6-9-16(22)2/h5-13,15,21,27H,4,14H2,1-3H3,(H,25,26)/b8-5-. The van der Waals surface area contributed by atoms with Crippen LogP contribution >= 0.6 is 8.73 Å². The number of nitrogens with one attached hydrogen (secondary N) is 1. The molecule has 1 N–H and O–H groups in total. The molecule has 2 aromatic rings. The van der Waals surface area contributed by atoms with Gasteiger partial charge in [0, 0.05) is 5.66 Å².